The van der Waals surface area contributed by atoms with Crippen LogP contribution in [0.4, 0.5) is 13.2 Å². The smallest absolute Gasteiger partial charge is 0.160 e. The van der Waals surface area contributed by atoms with Gasteiger partial charge in [0.2, 0.25) is 0 Å². The van der Waals surface area contributed by atoms with E-state index in [0.717, 1.165) is 0 Å². The van der Waals surface area contributed by atoms with Gasteiger partial charge in [-0.15, -0.1) is 0 Å². The summed E-state index contributed by atoms with van der Waals surface area (Å²) >= 11 is 5.96. The van der Waals surface area contributed by atoms with Crippen LogP contribution in [0.25, 0.3) is 0 Å². The highest BCUT2D eigenvalue weighted by Crippen LogP contribution is 2.38. The molecule has 13 heavy (non-hydrogen) atoms. The molecule has 71 valence electrons. The third-order valence-corrected chi connectivity index (χ3v) is 2.57. The van der Waals surface area contributed by atoms with Gasteiger partial charge in [0.05, 0.1) is 0 Å². The molecule has 0 aromatic heterocycles. The zero-order valence-electron chi connectivity index (χ0n) is 5.95. The Labute approximate surface area is 94.2 Å². The fourth-order valence-corrected chi connectivity index (χ4v) is 2.78. The lowest BCUT2D eigenvalue weighted by atomic mass is 10.4. The van der Waals surface area contributed by atoms with Gasteiger partial charge in [-0.05, 0) is 23.9 Å². The van der Waals surface area contributed by atoms with Crippen molar-refractivity contribution < 1.29 is 13.2 Å². The third-order valence-electron chi connectivity index (χ3n) is 1.01. The lowest BCUT2D eigenvalue weighted by Gasteiger charge is -2.05. The Bertz CT molecular complexity index is 291. The minimum Gasteiger partial charge on any atom is -0.160 e. The molecule has 0 aliphatic carbocycles. The lowest BCUT2D eigenvalue weighted by molar-refractivity contribution is -0.0328. The van der Waals surface area contributed by atoms with Crippen LogP contribution in [0.1, 0.15) is 0 Å². The molecule has 1 radical (unpaired) electrons. The van der Waals surface area contributed by atoms with Crippen LogP contribution in [0.2, 0.25) is 0 Å². The first-order valence-electron chi connectivity index (χ1n) is 3.01. The number of hydrogen-bond donors (Lipinski definition) is 0. The molecule has 0 fully saturated rings. The van der Waals surface area contributed by atoms with Gasteiger partial charge >= 0.3 is 5.51 Å². The minimum atomic E-state index is -4.25. The molecule has 0 nitrogen and oxygen atoms in total. The second kappa shape index (κ2) is 4.23. The van der Waals surface area contributed by atoms with Gasteiger partial charge in [-0.1, -0.05) is 31.9 Å². The molecule has 0 aliphatic heterocycles. The molecule has 0 spiro atoms. The quantitative estimate of drug-likeness (QED) is 0.675. The van der Waals surface area contributed by atoms with Gasteiger partial charge in [0.25, 0.3) is 0 Å². The van der Waals surface area contributed by atoms with Crippen molar-refractivity contribution >= 4 is 43.6 Å². The van der Waals surface area contributed by atoms with Gasteiger partial charge in [0.15, 0.2) is 0 Å². The first kappa shape index (κ1) is 11.4. The molecule has 0 saturated carbocycles. The molecule has 0 saturated heterocycles. The van der Waals surface area contributed by atoms with Crippen molar-refractivity contribution in [2.75, 3.05) is 0 Å². The number of hydrogen-bond acceptors (Lipinski definition) is 1. The molecule has 0 amide bonds. The number of halogens is 5. The van der Waals surface area contributed by atoms with Crippen molar-refractivity contribution in [1.29, 1.82) is 0 Å². The van der Waals surface area contributed by atoms with Crippen LogP contribution in [-0.2, 0) is 0 Å². The van der Waals surface area contributed by atoms with Crippen LogP contribution in [0.3, 0.4) is 0 Å². The summed E-state index contributed by atoms with van der Waals surface area (Å²) in [6, 6.07) is 5.48. The zero-order valence-corrected chi connectivity index (χ0v) is 9.94. The summed E-state index contributed by atoms with van der Waals surface area (Å²) in [5.74, 6) is 0. The molecule has 0 aliphatic rings. The van der Waals surface area contributed by atoms with Crippen LogP contribution in [0, 0.1) is 6.07 Å². The molecule has 1 aromatic rings. The van der Waals surface area contributed by atoms with Crippen LogP contribution >= 0.6 is 43.6 Å². The molecule has 1 rings (SSSR count). The monoisotopic (exact) mass is 333 g/mol. The normalized spacial score (nSPS) is 11.8. The maximum Gasteiger partial charge on any atom is 0.446 e. The van der Waals surface area contributed by atoms with Crippen LogP contribution in [0.15, 0.2) is 26.0 Å². The summed E-state index contributed by atoms with van der Waals surface area (Å²) in [7, 11) is 0. The molecular weight excluding hydrogens is 333 g/mol. The standard InChI is InChI=1S/C7H2Br2F3S/c8-4-1-5(9)3-6(2-4)13-7(10,11)12/h2-3H. The van der Waals surface area contributed by atoms with Gasteiger partial charge in [0.1, 0.15) is 0 Å². The van der Waals surface area contributed by atoms with Crippen LogP contribution < -0.4 is 0 Å². The topological polar surface area (TPSA) is 0 Å². The van der Waals surface area contributed by atoms with E-state index in [-0.39, 0.29) is 16.7 Å². The predicted octanol–water partition coefficient (Wildman–Crippen LogP) is 4.62. The Hall–Kier alpha value is 0.320. The SMILES string of the molecule is FC(F)(F)Sc1cc(Br)[c]c(Br)c1. The summed E-state index contributed by atoms with van der Waals surface area (Å²) in [5, 5.41) is 0. The average molecular weight is 335 g/mol. The van der Waals surface area contributed by atoms with Crippen molar-refractivity contribution in [3.63, 3.8) is 0 Å². The summed E-state index contributed by atoms with van der Waals surface area (Å²) in [5.41, 5.74) is -4.25. The zero-order chi connectivity index (χ0) is 10.1. The largest absolute Gasteiger partial charge is 0.446 e. The van der Waals surface area contributed by atoms with Crippen LogP contribution in [-0.4, -0.2) is 5.51 Å². The average Bonchev–Trinajstić information content (AvgIpc) is 1.78. The van der Waals surface area contributed by atoms with E-state index in [1.54, 1.807) is 0 Å². The van der Waals surface area contributed by atoms with Gasteiger partial charge in [0, 0.05) is 19.9 Å². The van der Waals surface area contributed by atoms with E-state index in [4.69, 9.17) is 0 Å². The highest BCUT2D eigenvalue weighted by molar-refractivity contribution is 9.11. The number of benzene rings is 1. The van der Waals surface area contributed by atoms with E-state index < -0.39 is 5.51 Å². The maximum absolute atomic E-state index is 11.9. The maximum atomic E-state index is 11.9. The van der Waals surface area contributed by atoms with E-state index >= 15 is 0 Å². The fraction of sp³-hybridized carbons (Fsp3) is 0.143. The molecule has 0 atom stereocenters. The van der Waals surface area contributed by atoms with Crippen molar-refractivity contribution in [2.24, 2.45) is 0 Å². The Morgan fingerprint density at radius 3 is 2.00 bits per heavy atom. The Morgan fingerprint density at radius 2 is 1.62 bits per heavy atom. The second-order valence-electron chi connectivity index (χ2n) is 2.06. The van der Waals surface area contributed by atoms with Crippen molar-refractivity contribution in [2.45, 2.75) is 10.4 Å². The first-order chi connectivity index (χ1) is 5.87. The Kier molecular flexibility index (Phi) is 3.71. The van der Waals surface area contributed by atoms with Crippen LogP contribution in [0.5, 0.6) is 0 Å². The minimum absolute atomic E-state index is 0.130. The highest BCUT2D eigenvalue weighted by Gasteiger charge is 2.29. The van der Waals surface area contributed by atoms with E-state index in [1.807, 2.05) is 0 Å². The van der Waals surface area contributed by atoms with Crippen molar-refractivity contribution in [3.8, 4) is 0 Å². The summed E-state index contributed by atoms with van der Waals surface area (Å²) in [4.78, 5) is 0.130. The van der Waals surface area contributed by atoms with Crippen molar-refractivity contribution in [3.05, 3.63) is 27.1 Å². The van der Waals surface area contributed by atoms with Gasteiger partial charge in [-0.2, -0.15) is 13.2 Å². The Balaban J connectivity index is 2.90. The van der Waals surface area contributed by atoms with E-state index in [0.29, 0.717) is 8.95 Å². The number of thioether (sulfide) groups is 1. The molecule has 0 bridgehead atoms. The molecule has 6 heteroatoms. The predicted molar refractivity (Wildman–Crippen MR) is 52.6 cm³/mol. The van der Waals surface area contributed by atoms with Gasteiger partial charge in [-0.25, -0.2) is 0 Å². The molecular formula is C7H2Br2F3S. The molecule has 0 heterocycles. The lowest BCUT2D eigenvalue weighted by Crippen LogP contribution is -1.98. The molecule has 1 aromatic carbocycles. The summed E-state index contributed by atoms with van der Waals surface area (Å²) < 4.78 is 36.8. The second-order valence-corrected chi connectivity index (χ2v) is 4.91. The first-order valence-corrected chi connectivity index (χ1v) is 5.41. The molecule has 0 unspecified atom stereocenters. The van der Waals surface area contributed by atoms with Crippen molar-refractivity contribution in [1.82, 2.24) is 0 Å². The van der Waals surface area contributed by atoms with E-state index in [9.17, 15) is 13.2 Å². The number of alkyl halides is 3. The van der Waals surface area contributed by atoms with E-state index in [2.05, 4.69) is 37.9 Å². The summed E-state index contributed by atoms with van der Waals surface area (Å²) in [6.45, 7) is 0. The Morgan fingerprint density at radius 1 is 1.15 bits per heavy atom. The van der Waals surface area contributed by atoms with Gasteiger partial charge in [-0.3, -0.25) is 0 Å². The van der Waals surface area contributed by atoms with Gasteiger partial charge < -0.3 is 0 Å². The molecule has 0 N–H and O–H groups in total. The third kappa shape index (κ3) is 4.37. The van der Waals surface area contributed by atoms with E-state index in [1.165, 1.54) is 12.1 Å². The highest BCUT2D eigenvalue weighted by atomic mass is 79.9. The fourth-order valence-electron chi connectivity index (χ4n) is 0.670. The summed E-state index contributed by atoms with van der Waals surface area (Å²) in [6.07, 6.45) is 0. The number of rotatable bonds is 1.